The third kappa shape index (κ3) is 2.75. The van der Waals surface area contributed by atoms with E-state index in [9.17, 15) is 4.79 Å². The molecule has 7 nitrogen and oxygen atoms in total. The van der Waals surface area contributed by atoms with Gasteiger partial charge in [-0.2, -0.15) is 0 Å². The lowest BCUT2D eigenvalue weighted by atomic mass is 10.2. The van der Waals surface area contributed by atoms with E-state index >= 15 is 0 Å². The Labute approximate surface area is 166 Å². The van der Waals surface area contributed by atoms with E-state index in [0.29, 0.717) is 17.3 Å². The summed E-state index contributed by atoms with van der Waals surface area (Å²) in [5.74, 6) is 0.203. The average Bonchev–Trinajstić information content (AvgIpc) is 3.27. The highest BCUT2D eigenvalue weighted by atomic mass is 16.2. The summed E-state index contributed by atoms with van der Waals surface area (Å²) in [4.78, 5) is 26.2. The number of amides is 1. The number of pyridine rings is 1. The van der Waals surface area contributed by atoms with Gasteiger partial charge in [-0.3, -0.25) is 14.3 Å². The third-order valence-electron chi connectivity index (χ3n) is 5.02. The van der Waals surface area contributed by atoms with Gasteiger partial charge in [-0.05, 0) is 37.3 Å². The summed E-state index contributed by atoms with van der Waals surface area (Å²) >= 11 is 0. The van der Waals surface area contributed by atoms with E-state index in [4.69, 9.17) is 0 Å². The van der Waals surface area contributed by atoms with Crippen molar-refractivity contribution in [3.63, 3.8) is 0 Å². The maximum atomic E-state index is 13.2. The van der Waals surface area contributed by atoms with Crippen LogP contribution in [-0.4, -0.2) is 30.0 Å². The quantitative estimate of drug-likeness (QED) is 0.514. The van der Waals surface area contributed by atoms with Crippen molar-refractivity contribution in [3.8, 4) is 5.95 Å². The van der Waals surface area contributed by atoms with Crippen molar-refractivity contribution in [2.45, 2.75) is 6.92 Å². The zero-order chi connectivity index (χ0) is 20.0. The fourth-order valence-corrected chi connectivity index (χ4v) is 3.63. The highest BCUT2D eigenvalue weighted by Crippen LogP contribution is 2.32. The molecule has 0 radical (unpaired) electrons. The molecule has 142 valence electrons. The molecule has 4 heterocycles. The number of hydrogen-bond acceptors (Lipinski definition) is 4. The van der Waals surface area contributed by atoms with Crippen molar-refractivity contribution in [1.29, 1.82) is 0 Å². The van der Waals surface area contributed by atoms with E-state index in [1.165, 1.54) is 0 Å². The van der Waals surface area contributed by atoms with Gasteiger partial charge in [-0.25, -0.2) is 9.97 Å². The molecule has 5 rings (SSSR count). The second-order valence-electron chi connectivity index (χ2n) is 6.87. The first-order chi connectivity index (χ1) is 14.1. The number of nitrogens with one attached hydrogen (secondary N) is 1. The monoisotopic (exact) mass is 382 g/mol. The van der Waals surface area contributed by atoms with E-state index in [1.54, 1.807) is 24.7 Å². The van der Waals surface area contributed by atoms with Crippen LogP contribution in [0.4, 0.5) is 5.69 Å². The maximum absolute atomic E-state index is 13.2. The Bertz CT molecular complexity index is 1350. The molecule has 4 aromatic heterocycles. The lowest BCUT2D eigenvalue weighted by molar-refractivity contribution is 0.102. The van der Waals surface area contributed by atoms with Crippen LogP contribution < -0.4 is 5.32 Å². The molecule has 5 aromatic rings. The van der Waals surface area contributed by atoms with Gasteiger partial charge in [0.15, 0.2) is 0 Å². The summed E-state index contributed by atoms with van der Waals surface area (Å²) in [5, 5.41) is 3.96. The number of aromatic nitrogens is 5. The number of para-hydroxylation sites is 1. The van der Waals surface area contributed by atoms with E-state index in [0.717, 1.165) is 27.6 Å². The number of aryl methyl sites for hydroxylation is 2. The largest absolute Gasteiger partial charge is 0.342 e. The van der Waals surface area contributed by atoms with Crippen LogP contribution in [-0.2, 0) is 7.05 Å². The summed E-state index contributed by atoms with van der Waals surface area (Å²) in [5.41, 5.74) is 4.91. The zero-order valence-electron chi connectivity index (χ0n) is 16.0. The van der Waals surface area contributed by atoms with Crippen molar-refractivity contribution in [2.24, 2.45) is 7.05 Å². The normalized spacial score (nSPS) is 11.2. The molecule has 0 atom stereocenters. The minimum Gasteiger partial charge on any atom is -0.342 e. The van der Waals surface area contributed by atoms with Gasteiger partial charge in [0.25, 0.3) is 5.91 Å². The van der Waals surface area contributed by atoms with E-state index < -0.39 is 0 Å². The predicted octanol–water partition coefficient (Wildman–Crippen LogP) is 3.87. The fraction of sp³-hybridized carbons (Fsp3) is 0.0909. The SMILES string of the molecule is Cc1ccc(NC(=O)c2cc3c(c4ccccc4n3C)n2-c2ncccn2)cn1. The van der Waals surface area contributed by atoms with Crippen LogP contribution in [0.25, 0.3) is 27.9 Å². The summed E-state index contributed by atoms with van der Waals surface area (Å²) < 4.78 is 3.89. The van der Waals surface area contributed by atoms with Gasteiger partial charge in [0.1, 0.15) is 5.69 Å². The Hall–Kier alpha value is -4.00. The Balaban J connectivity index is 1.73. The van der Waals surface area contributed by atoms with Crippen LogP contribution in [0.15, 0.2) is 67.1 Å². The second-order valence-corrected chi connectivity index (χ2v) is 6.87. The number of nitrogens with zero attached hydrogens (tertiary/aromatic N) is 5. The molecule has 1 N–H and O–H groups in total. The highest BCUT2D eigenvalue weighted by Gasteiger charge is 2.23. The van der Waals surface area contributed by atoms with Crippen LogP contribution in [0.2, 0.25) is 0 Å². The molecule has 0 aliphatic heterocycles. The molecule has 0 aliphatic rings. The zero-order valence-corrected chi connectivity index (χ0v) is 16.0. The molecule has 0 spiro atoms. The molecule has 1 aromatic carbocycles. The summed E-state index contributed by atoms with van der Waals surface area (Å²) in [6.45, 7) is 1.90. The minimum atomic E-state index is -0.247. The number of anilines is 1. The van der Waals surface area contributed by atoms with Gasteiger partial charge in [-0.1, -0.05) is 18.2 Å². The lowest BCUT2D eigenvalue weighted by Crippen LogP contribution is -2.17. The van der Waals surface area contributed by atoms with Crippen LogP contribution in [0.1, 0.15) is 16.2 Å². The molecule has 1 amide bonds. The Morgan fingerprint density at radius 3 is 2.52 bits per heavy atom. The molecule has 0 unspecified atom stereocenters. The number of hydrogen-bond donors (Lipinski definition) is 1. The number of fused-ring (bicyclic) bond motifs is 3. The van der Waals surface area contributed by atoms with Crippen LogP contribution in [0.3, 0.4) is 0 Å². The Kier molecular flexibility index (Phi) is 3.87. The average molecular weight is 382 g/mol. The van der Waals surface area contributed by atoms with Crippen LogP contribution >= 0.6 is 0 Å². The van der Waals surface area contributed by atoms with Gasteiger partial charge in [-0.15, -0.1) is 0 Å². The van der Waals surface area contributed by atoms with Crippen molar-refractivity contribution >= 4 is 33.5 Å². The molecule has 0 aliphatic carbocycles. The molecule has 0 fully saturated rings. The fourth-order valence-electron chi connectivity index (χ4n) is 3.63. The molecule has 0 bridgehead atoms. The molecular formula is C22H18N6O. The first-order valence-electron chi connectivity index (χ1n) is 9.24. The highest BCUT2D eigenvalue weighted by molar-refractivity contribution is 6.13. The third-order valence-corrected chi connectivity index (χ3v) is 5.02. The van der Waals surface area contributed by atoms with Crippen molar-refractivity contribution in [1.82, 2.24) is 24.1 Å². The molecule has 7 heteroatoms. The smallest absolute Gasteiger partial charge is 0.272 e. The van der Waals surface area contributed by atoms with Crippen LogP contribution in [0, 0.1) is 6.92 Å². The van der Waals surface area contributed by atoms with Crippen molar-refractivity contribution in [3.05, 3.63) is 78.5 Å². The van der Waals surface area contributed by atoms with E-state index in [1.807, 2.05) is 54.9 Å². The number of carbonyl (C=O) groups is 1. The molecule has 29 heavy (non-hydrogen) atoms. The van der Waals surface area contributed by atoms with Crippen LogP contribution in [0.5, 0.6) is 0 Å². The number of carbonyl (C=O) groups excluding carboxylic acids is 1. The minimum absolute atomic E-state index is 0.247. The first-order valence-corrected chi connectivity index (χ1v) is 9.24. The van der Waals surface area contributed by atoms with Gasteiger partial charge in [0, 0.05) is 30.5 Å². The van der Waals surface area contributed by atoms with Gasteiger partial charge in [0.2, 0.25) is 5.95 Å². The summed E-state index contributed by atoms with van der Waals surface area (Å²) in [6, 6.07) is 15.4. The maximum Gasteiger partial charge on any atom is 0.272 e. The topological polar surface area (TPSA) is 77.6 Å². The Morgan fingerprint density at radius 2 is 1.76 bits per heavy atom. The number of benzene rings is 1. The van der Waals surface area contributed by atoms with Gasteiger partial charge < -0.3 is 9.88 Å². The Morgan fingerprint density at radius 1 is 0.966 bits per heavy atom. The lowest BCUT2D eigenvalue weighted by Gasteiger charge is -2.09. The first kappa shape index (κ1) is 17.1. The van der Waals surface area contributed by atoms with E-state index in [-0.39, 0.29) is 5.91 Å². The molecule has 0 saturated carbocycles. The standard InChI is InChI=1S/C22H18N6O/c1-14-8-9-15(13-25-14)26-21(29)19-12-18-20(28(19)22-23-10-5-11-24-22)16-6-3-4-7-17(16)27(18)2/h3-13H,1-2H3,(H,26,29). The van der Waals surface area contributed by atoms with Crippen molar-refractivity contribution < 1.29 is 4.79 Å². The predicted molar refractivity (Wildman–Crippen MR) is 112 cm³/mol. The van der Waals surface area contributed by atoms with E-state index in [2.05, 4.69) is 30.9 Å². The van der Waals surface area contributed by atoms with Gasteiger partial charge >= 0.3 is 0 Å². The molecule has 0 saturated heterocycles. The molecular weight excluding hydrogens is 364 g/mol. The summed E-state index contributed by atoms with van der Waals surface area (Å²) in [6.07, 6.45) is 4.99. The number of rotatable bonds is 3. The second kappa shape index (κ2) is 6.56. The van der Waals surface area contributed by atoms with Gasteiger partial charge in [0.05, 0.1) is 28.4 Å². The summed E-state index contributed by atoms with van der Waals surface area (Å²) in [7, 11) is 1.99. The van der Waals surface area contributed by atoms with Crippen molar-refractivity contribution in [2.75, 3.05) is 5.32 Å².